The van der Waals surface area contributed by atoms with E-state index in [1.54, 1.807) is 4.31 Å². The molecule has 0 aromatic heterocycles. The monoisotopic (exact) mass is 302 g/mol. The van der Waals surface area contributed by atoms with E-state index in [9.17, 15) is 8.42 Å². The molecule has 1 aliphatic heterocycles. The molecule has 1 aliphatic carbocycles. The first kappa shape index (κ1) is 16.2. The van der Waals surface area contributed by atoms with Crippen molar-refractivity contribution < 1.29 is 8.42 Å². The third-order valence-corrected chi connectivity index (χ3v) is 6.74. The highest BCUT2D eigenvalue weighted by atomic mass is 32.2. The average Bonchev–Trinajstić information content (AvgIpc) is 2.46. The van der Waals surface area contributed by atoms with Gasteiger partial charge in [0.15, 0.2) is 0 Å². The summed E-state index contributed by atoms with van der Waals surface area (Å²) in [6, 6.07) is 0. The van der Waals surface area contributed by atoms with Crippen molar-refractivity contribution in [1.82, 2.24) is 9.62 Å². The van der Waals surface area contributed by atoms with Crippen molar-refractivity contribution in [2.75, 3.05) is 31.9 Å². The number of piperidine rings is 1. The Labute approximate surface area is 124 Å². The smallest absolute Gasteiger partial charge is 0.214 e. The van der Waals surface area contributed by atoms with Crippen LogP contribution in [0.3, 0.4) is 0 Å². The van der Waals surface area contributed by atoms with Crippen molar-refractivity contribution >= 4 is 10.0 Å². The van der Waals surface area contributed by atoms with Gasteiger partial charge in [-0.2, -0.15) is 0 Å². The molecule has 4 nitrogen and oxygen atoms in total. The van der Waals surface area contributed by atoms with E-state index in [0.29, 0.717) is 17.6 Å². The zero-order valence-corrected chi connectivity index (χ0v) is 13.6. The van der Waals surface area contributed by atoms with Crippen LogP contribution in [0.25, 0.3) is 0 Å². The molecule has 20 heavy (non-hydrogen) atoms. The van der Waals surface area contributed by atoms with Crippen molar-refractivity contribution in [3.05, 3.63) is 0 Å². The van der Waals surface area contributed by atoms with Gasteiger partial charge in [-0.3, -0.25) is 0 Å². The number of sulfonamides is 1. The summed E-state index contributed by atoms with van der Waals surface area (Å²) in [5.74, 6) is 1.29. The van der Waals surface area contributed by atoms with Crippen LogP contribution in [-0.4, -0.2) is 44.7 Å². The Morgan fingerprint density at radius 2 is 1.75 bits per heavy atom. The highest BCUT2D eigenvalue weighted by Gasteiger charge is 2.31. The van der Waals surface area contributed by atoms with Crippen LogP contribution in [0.5, 0.6) is 0 Å². The molecule has 1 unspecified atom stereocenters. The van der Waals surface area contributed by atoms with Gasteiger partial charge in [-0.25, -0.2) is 12.7 Å². The van der Waals surface area contributed by atoms with Gasteiger partial charge in [0.05, 0.1) is 5.75 Å². The summed E-state index contributed by atoms with van der Waals surface area (Å²) in [5.41, 5.74) is 0. The quantitative estimate of drug-likeness (QED) is 0.818. The maximum absolute atomic E-state index is 12.6. The minimum absolute atomic E-state index is 0.390. The first-order valence-electron chi connectivity index (χ1n) is 8.30. The van der Waals surface area contributed by atoms with Crippen molar-refractivity contribution in [3.63, 3.8) is 0 Å². The average molecular weight is 302 g/mol. The first-order chi connectivity index (χ1) is 9.62. The van der Waals surface area contributed by atoms with Crippen LogP contribution in [0.2, 0.25) is 0 Å². The van der Waals surface area contributed by atoms with Crippen LogP contribution in [0, 0.1) is 11.8 Å². The molecule has 0 amide bonds. The third-order valence-electron chi connectivity index (χ3n) is 4.73. The topological polar surface area (TPSA) is 49.4 Å². The van der Waals surface area contributed by atoms with Crippen LogP contribution in [0.4, 0.5) is 0 Å². The van der Waals surface area contributed by atoms with Gasteiger partial charge in [0.2, 0.25) is 10.0 Å². The summed E-state index contributed by atoms with van der Waals surface area (Å²) in [6.45, 7) is 5.47. The summed E-state index contributed by atoms with van der Waals surface area (Å²) in [5, 5.41) is 3.35. The maximum Gasteiger partial charge on any atom is 0.214 e. The molecule has 5 heteroatoms. The Kier molecular flexibility index (Phi) is 6.30. The van der Waals surface area contributed by atoms with E-state index in [2.05, 4.69) is 12.2 Å². The molecule has 1 saturated heterocycles. The lowest BCUT2D eigenvalue weighted by Gasteiger charge is -2.33. The molecule has 2 fully saturated rings. The molecule has 2 rings (SSSR count). The summed E-state index contributed by atoms with van der Waals surface area (Å²) in [7, 11) is -3.04. The van der Waals surface area contributed by atoms with Crippen LogP contribution in [0.15, 0.2) is 0 Å². The molecule has 2 aliphatic rings. The van der Waals surface area contributed by atoms with Crippen molar-refractivity contribution in [3.8, 4) is 0 Å². The normalized spacial score (nSPS) is 26.8. The Bertz CT molecular complexity index is 377. The van der Waals surface area contributed by atoms with Gasteiger partial charge in [0.1, 0.15) is 0 Å². The second kappa shape index (κ2) is 7.76. The highest BCUT2D eigenvalue weighted by molar-refractivity contribution is 7.89. The maximum atomic E-state index is 12.6. The lowest BCUT2D eigenvalue weighted by atomic mass is 9.91. The number of nitrogens with zero attached hydrogens (tertiary/aromatic N) is 1. The Hall–Kier alpha value is -0.130. The minimum Gasteiger partial charge on any atom is -0.317 e. The van der Waals surface area contributed by atoms with Gasteiger partial charge in [0.25, 0.3) is 0 Å². The Balaban J connectivity index is 1.87. The van der Waals surface area contributed by atoms with E-state index < -0.39 is 10.0 Å². The molecule has 1 atom stereocenters. The predicted octanol–water partition coefficient (Wildman–Crippen LogP) is 2.22. The van der Waals surface area contributed by atoms with Gasteiger partial charge in [-0.05, 0) is 50.6 Å². The van der Waals surface area contributed by atoms with Crippen LogP contribution in [-0.2, 0) is 10.0 Å². The summed E-state index contributed by atoms with van der Waals surface area (Å²) in [6.07, 6.45) is 8.08. The zero-order chi connectivity index (χ0) is 14.4. The van der Waals surface area contributed by atoms with E-state index >= 15 is 0 Å². The Morgan fingerprint density at radius 1 is 1.05 bits per heavy atom. The lowest BCUT2D eigenvalue weighted by Crippen LogP contribution is -2.44. The molecule has 118 valence electrons. The third kappa shape index (κ3) is 4.71. The highest BCUT2D eigenvalue weighted by Crippen LogP contribution is 2.27. The number of hydrogen-bond acceptors (Lipinski definition) is 3. The van der Waals surface area contributed by atoms with E-state index in [1.165, 1.54) is 19.3 Å². The summed E-state index contributed by atoms with van der Waals surface area (Å²) >= 11 is 0. The first-order valence-corrected chi connectivity index (χ1v) is 9.91. The number of nitrogens with one attached hydrogen (secondary N) is 1. The molecule has 0 bridgehead atoms. The van der Waals surface area contributed by atoms with E-state index in [4.69, 9.17) is 0 Å². The lowest BCUT2D eigenvalue weighted by molar-refractivity contribution is 0.258. The van der Waals surface area contributed by atoms with E-state index in [1.807, 2.05) is 0 Å². The van der Waals surface area contributed by atoms with Crippen molar-refractivity contribution in [1.29, 1.82) is 0 Å². The Morgan fingerprint density at radius 3 is 2.45 bits per heavy atom. The SMILES string of the molecule is CCNCC1CCCN(S(=O)(=O)CC2CCCCC2)C1. The fourth-order valence-electron chi connectivity index (χ4n) is 3.55. The van der Waals surface area contributed by atoms with Crippen molar-refractivity contribution in [2.24, 2.45) is 11.8 Å². The van der Waals surface area contributed by atoms with Gasteiger partial charge >= 0.3 is 0 Å². The van der Waals surface area contributed by atoms with Gasteiger partial charge in [-0.1, -0.05) is 26.2 Å². The molecule has 1 heterocycles. The largest absolute Gasteiger partial charge is 0.317 e. The second-order valence-electron chi connectivity index (χ2n) is 6.46. The zero-order valence-electron chi connectivity index (χ0n) is 12.8. The van der Waals surface area contributed by atoms with Gasteiger partial charge < -0.3 is 5.32 Å². The number of rotatable bonds is 6. The van der Waals surface area contributed by atoms with Gasteiger partial charge in [-0.15, -0.1) is 0 Å². The molecule has 0 spiro atoms. The van der Waals surface area contributed by atoms with Crippen LogP contribution in [0.1, 0.15) is 51.9 Å². The van der Waals surface area contributed by atoms with Crippen LogP contribution >= 0.6 is 0 Å². The molecule has 0 radical (unpaired) electrons. The molecule has 0 aromatic rings. The summed E-state index contributed by atoms with van der Waals surface area (Å²) in [4.78, 5) is 0. The van der Waals surface area contributed by atoms with E-state index in [-0.39, 0.29) is 0 Å². The summed E-state index contributed by atoms with van der Waals surface area (Å²) < 4.78 is 26.9. The standard InChI is InChI=1S/C15H30N2O2S/c1-2-16-11-15-9-6-10-17(12-15)20(18,19)13-14-7-4-3-5-8-14/h14-16H,2-13H2,1H3. The van der Waals surface area contributed by atoms with Gasteiger partial charge in [0, 0.05) is 13.1 Å². The molecular formula is C15H30N2O2S. The van der Waals surface area contributed by atoms with Crippen LogP contribution < -0.4 is 5.32 Å². The molecule has 0 aromatic carbocycles. The fraction of sp³-hybridized carbons (Fsp3) is 1.00. The second-order valence-corrected chi connectivity index (χ2v) is 8.47. The minimum atomic E-state index is -3.04. The molecule has 1 saturated carbocycles. The molecule has 1 N–H and O–H groups in total. The predicted molar refractivity (Wildman–Crippen MR) is 83.2 cm³/mol. The molecular weight excluding hydrogens is 272 g/mol. The van der Waals surface area contributed by atoms with Crippen molar-refractivity contribution in [2.45, 2.75) is 51.9 Å². The number of hydrogen-bond donors (Lipinski definition) is 1. The fourth-order valence-corrected chi connectivity index (χ4v) is 5.54. The van der Waals surface area contributed by atoms with E-state index in [0.717, 1.165) is 51.9 Å².